The van der Waals surface area contributed by atoms with Crippen LogP contribution in [0.1, 0.15) is 18.4 Å². The van der Waals surface area contributed by atoms with Gasteiger partial charge in [-0.2, -0.15) is 0 Å². The molecule has 2 N–H and O–H groups in total. The lowest BCUT2D eigenvalue weighted by molar-refractivity contribution is 0.0368. The molecule has 2 aromatic carbocycles. The number of para-hydroxylation sites is 2. The van der Waals surface area contributed by atoms with E-state index in [1.807, 2.05) is 47.4 Å². The molecule has 5 heteroatoms. The molecule has 0 unspecified atom stereocenters. The van der Waals surface area contributed by atoms with Gasteiger partial charge >= 0.3 is 6.03 Å². The molecule has 2 aliphatic rings. The molecule has 2 amide bonds. The average molecular weight is 366 g/mol. The summed E-state index contributed by atoms with van der Waals surface area (Å²) < 4.78 is 5.30. The summed E-state index contributed by atoms with van der Waals surface area (Å²) in [5, 5.41) is 14.0. The van der Waals surface area contributed by atoms with Gasteiger partial charge in [-0.15, -0.1) is 0 Å². The molecule has 142 valence electrons. The van der Waals surface area contributed by atoms with Crippen molar-refractivity contribution in [2.45, 2.75) is 24.9 Å². The Morgan fingerprint density at radius 3 is 2.41 bits per heavy atom. The first-order valence-electron chi connectivity index (χ1n) is 9.51. The number of hydrogen-bond donors (Lipinski definition) is 2. The second-order valence-electron chi connectivity index (χ2n) is 7.85. The van der Waals surface area contributed by atoms with Crippen molar-refractivity contribution in [1.82, 2.24) is 4.90 Å². The predicted octanol–water partition coefficient (Wildman–Crippen LogP) is 3.54. The lowest BCUT2D eigenvalue weighted by Gasteiger charge is -2.26. The van der Waals surface area contributed by atoms with Crippen LogP contribution in [0.2, 0.25) is 0 Å². The highest BCUT2D eigenvalue weighted by atomic mass is 16.5. The van der Waals surface area contributed by atoms with Crippen LogP contribution in [0.25, 0.3) is 0 Å². The fraction of sp³-hybridized carbons (Fsp3) is 0.409. The quantitative estimate of drug-likeness (QED) is 0.870. The maximum atomic E-state index is 12.7. The van der Waals surface area contributed by atoms with Crippen LogP contribution in [0.3, 0.4) is 0 Å². The number of methoxy groups -OCH3 is 1. The van der Waals surface area contributed by atoms with Crippen molar-refractivity contribution < 1.29 is 14.6 Å². The first kappa shape index (κ1) is 17.9. The Hall–Kier alpha value is -2.53. The molecule has 1 saturated heterocycles. The van der Waals surface area contributed by atoms with Crippen molar-refractivity contribution in [2.24, 2.45) is 11.8 Å². The molecule has 0 aromatic heterocycles. The third kappa shape index (κ3) is 3.78. The predicted molar refractivity (Wildman–Crippen MR) is 105 cm³/mol. The number of hydrogen-bond acceptors (Lipinski definition) is 3. The van der Waals surface area contributed by atoms with Gasteiger partial charge in [0, 0.05) is 19.5 Å². The van der Waals surface area contributed by atoms with Crippen molar-refractivity contribution in [3.05, 3.63) is 60.2 Å². The molecule has 1 aliphatic heterocycles. The summed E-state index contributed by atoms with van der Waals surface area (Å²) in [7, 11) is 1.60. The van der Waals surface area contributed by atoms with E-state index in [2.05, 4.69) is 17.4 Å². The average Bonchev–Trinajstić information content (AvgIpc) is 3.18. The highest BCUT2D eigenvalue weighted by molar-refractivity contribution is 5.91. The van der Waals surface area contributed by atoms with E-state index < -0.39 is 5.60 Å². The van der Waals surface area contributed by atoms with E-state index >= 15 is 0 Å². The first-order chi connectivity index (χ1) is 13.1. The van der Waals surface area contributed by atoms with Crippen molar-refractivity contribution in [2.75, 3.05) is 25.5 Å². The number of nitrogens with zero attached hydrogens (tertiary/aromatic N) is 1. The maximum absolute atomic E-state index is 12.7. The number of carbonyl (C=O) groups is 1. The van der Waals surface area contributed by atoms with Crippen LogP contribution < -0.4 is 10.1 Å². The van der Waals surface area contributed by atoms with Crippen LogP contribution in [0.4, 0.5) is 10.5 Å². The molecule has 0 spiro atoms. The first-order valence-corrected chi connectivity index (χ1v) is 9.51. The minimum absolute atomic E-state index is 0.0968. The summed E-state index contributed by atoms with van der Waals surface area (Å²) in [6, 6.07) is 17.5. The zero-order valence-corrected chi connectivity index (χ0v) is 15.6. The van der Waals surface area contributed by atoms with Gasteiger partial charge < -0.3 is 20.1 Å². The molecular weight excluding hydrogens is 340 g/mol. The molecule has 2 aromatic rings. The number of fused-ring (bicyclic) bond motifs is 1. The fourth-order valence-electron chi connectivity index (χ4n) is 4.69. The van der Waals surface area contributed by atoms with Crippen molar-refractivity contribution in [3.63, 3.8) is 0 Å². The molecule has 27 heavy (non-hydrogen) atoms. The van der Waals surface area contributed by atoms with E-state index in [1.54, 1.807) is 7.11 Å². The fourth-order valence-corrected chi connectivity index (χ4v) is 4.69. The third-order valence-electron chi connectivity index (χ3n) is 5.87. The Bertz CT molecular complexity index is 794. The Morgan fingerprint density at radius 1 is 1.11 bits per heavy atom. The van der Waals surface area contributed by atoms with Crippen LogP contribution in [0.15, 0.2) is 54.6 Å². The van der Waals surface area contributed by atoms with E-state index in [-0.39, 0.29) is 6.03 Å². The molecule has 1 heterocycles. The van der Waals surface area contributed by atoms with E-state index in [0.29, 0.717) is 42.8 Å². The zero-order valence-electron chi connectivity index (χ0n) is 15.6. The Kier molecular flexibility index (Phi) is 4.79. The monoisotopic (exact) mass is 366 g/mol. The number of likely N-dealkylation sites (tertiary alicyclic amines) is 1. The molecule has 1 saturated carbocycles. The Labute approximate surface area is 160 Å². The topological polar surface area (TPSA) is 61.8 Å². The molecular formula is C22H26N2O3. The minimum Gasteiger partial charge on any atom is -0.495 e. The Balaban J connectivity index is 1.36. The van der Waals surface area contributed by atoms with Gasteiger partial charge in [0.15, 0.2) is 0 Å². The van der Waals surface area contributed by atoms with E-state index in [4.69, 9.17) is 4.74 Å². The molecule has 1 aliphatic carbocycles. The van der Waals surface area contributed by atoms with Crippen LogP contribution >= 0.6 is 0 Å². The van der Waals surface area contributed by atoms with Gasteiger partial charge in [-0.05, 0) is 42.4 Å². The summed E-state index contributed by atoms with van der Waals surface area (Å²) in [6.45, 7) is 1.39. The number of rotatable bonds is 4. The highest BCUT2D eigenvalue weighted by Crippen LogP contribution is 2.45. The number of aliphatic hydroxyl groups is 1. The number of carbonyl (C=O) groups excluding carboxylic acids is 1. The smallest absolute Gasteiger partial charge is 0.321 e. The van der Waals surface area contributed by atoms with Crippen LogP contribution in [-0.2, 0) is 6.42 Å². The molecule has 2 fully saturated rings. The van der Waals surface area contributed by atoms with Crippen molar-refractivity contribution in [3.8, 4) is 5.75 Å². The van der Waals surface area contributed by atoms with E-state index in [9.17, 15) is 9.90 Å². The number of ether oxygens (including phenoxy) is 1. The zero-order chi connectivity index (χ0) is 18.9. The normalized spacial score (nSPS) is 26.7. The van der Waals surface area contributed by atoms with Crippen LogP contribution in [-0.4, -0.2) is 41.8 Å². The number of anilines is 1. The third-order valence-corrected chi connectivity index (χ3v) is 5.87. The van der Waals surface area contributed by atoms with Crippen molar-refractivity contribution in [1.29, 1.82) is 0 Å². The summed E-state index contributed by atoms with van der Waals surface area (Å²) in [5.74, 6) is 1.38. The second kappa shape index (κ2) is 7.24. The number of benzene rings is 2. The molecule has 4 rings (SSSR count). The van der Waals surface area contributed by atoms with Crippen LogP contribution in [0.5, 0.6) is 5.75 Å². The largest absolute Gasteiger partial charge is 0.495 e. The summed E-state index contributed by atoms with van der Waals surface area (Å²) in [6.07, 6.45) is 2.20. The summed E-state index contributed by atoms with van der Waals surface area (Å²) in [5.41, 5.74) is 1.20. The van der Waals surface area contributed by atoms with Gasteiger partial charge in [0.05, 0.1) is 18.4 Å². The Morgan fingerprint density at radius 2 is 1.74 bits per heavy atom. The summed E-state index contributed by atoms with van der Waals surface area (Å²) >= 11 is 0. The van der Waals surface area contributed by atoms with Gasteiger partial charge in [-0.1, -0.05) is 42.5 Å². The minimum atomic E-state index is -0.651. The SMILES string of the molecule is COc1ccccc1NC(=O)N1C[C@@H]2C[C@](O)(Cc3ccccc3)C[C@@H]2C1. The van der Waals surface area contributed by atoms with Gasteiger partial charge in [0.1, 0.15) is 5.75 Å². The van der Waals surface area contributed by atoms with Crippen molar-refractivity contribution >= 4 is 11.7 Å². The maximum Gasteiger partial charge on any atom is 0.321 e. The highest BCUT2D eigenvalue weighted by Gasteiger charge is 2.49. The lowest BCUT2D eigenvalue weighted by atomic mass is 9.91. The van der Waals surface area contributed by atoms with E-state index in [1.165, 1.54) is 5.56 Å². The number of amides is 2. The number of nitrogens with one attached hydrogen (secondary N) is 1. The van der Waals surface area contributed by atoms with Gasteiger partial charge in [-0.3, -0.25) is 0 Å². The number of urea groups is 1. The molecule has 0 bridgehead atoms. The standard InChI is InChI=1S/C22H26N2O3/c1-27-20-10-6-5-9-19(20)23-21(25)24-14-17-12-22(26,13-18(17)15-24)11-16-7-3-2-4-8-16/h2-10,17-18,26H,11-15H2,1H3,(H,23,25)/t17-,18+,22+. The van der Waals surface area contributed by atoms with Gasteiger partial charge in [-0.25, -0.2) is 4.79 Å². The van der Waals surface area contributed by atoms with Gasteiger partial charge in [0.2, 0.25) is 0 Å². The van der Waals surface area contributed by atoms with E-state index in [0.717, 1.165) is 12.8 Å². The van der Waals surface area contributed by atoms with Gasteiger partial charge in [0.25, 0.3) is 0 Å². The second-order valence-corrected chi connectivity index (χ2v) is 7.85. The lowest BCUT2D eigenvalue weighted by Crippen LogP contribution is -2.36. The molecule has 0 radical (unpaired) electrons. The molecule has 5 nitrogen and oxygen atoms in total. The molecule has 3 atom stereocenters. The van der Waals surface area contributed by atoms with Crippen LogP contribution in [0, 0.1) is 11.8 Å². The summed E-state index contributed by atoms with van der Waals surface area (Å²) in [4.78, 5) is 14.5.